The Kier molecular flexibility index (Phi) is 3.46. The molecule has 23 heavy (non-hydrogen) atoms. The highest BCUT2D eigenvalue weighted by molar-refractivity contribution is 7.13. The molecule has 0 spiro atoms. The fourth-order valence-corrected chi connectivity index (χ4v) is 3.40. The van der Waals surface area contributed by atoms with E-state index in [9.17, 15) is 4.79 Å². The third-order valence-corrected chi connectivity index (χ3v) is 4.87. The zero-order valence-electron chi connectivity index (χ0n) is 12.6. The summed E-state index contributed by atoms with van der Waals surface area (Å²) >= 11 is 1.56. The number of carbonyl (C=O) groups is 1. The lowest BCUT2D eigenvalue weighted by molar-refractivity contribution is -0.117. The molecule has 1 amide bonds. The molecule has 1 aromatic carbocycles. The molecule has 0 saturated carbocycles. The van der Waals surface area contributed by atoms with Crippen LogP contribution >= 0.6 is 11.3 Å². The van der Waals surface area contributed by atoms with Crippen molar-refractivity contribution < 1.29 is 9.32 Å². The van der Waals surface area contributed by atoms with Crippen molar-refractivity contribution in [2.75, 3.05) is 11.4 Å². The van der Waals surface area contributed by atoms with Crippen LogP contribution in [0.25, 0.3) is 10.8 Å². The number of nitrogens with zero attached hydrogens (tertiary/aromatic N) is 3. The minimum Gasteiger partial charge on any atom is -0.333 e. The molecule has 116 valence electrons. The van der Waals surface area contributed by atoms with Gasteiger partial charge >= 0.3 is 0 Å². The van der Waals surface area contributed by atoms with Gasteiger partial charge in [0, 0.05) is 24.6 Å². The van der Waals surface area contributed by atoms with Crippen molar-refractivity contribution in [3.8, 4) is 10.8 Å². The molecule has 0 bridgehead atoms. The highest BCUT2D eigenvalue weighted by Gasteiger charge is 2.34. The molecule has 1 aliphatic heterocycles. The van der Waals surface area contributed by atoms with Crippen molar-refractivity contribution in [2.45, 2.75) is 19.3 Å². The fraction of sp³-hybridized carbons (Fsp3) is 0.235. The zero-order chi connectivity index (χ0) is 15.8. The summed E-state index contributed by atoms with van der Waals surface area (Å²) in [5.41, 5.74) is 2.10. The summed E-state index contributed by atoms with van der Waals surface area (Å²) < 4.78 is 5.33. The number of amides is 1. The molecule has 0 N–H and O–H groups in total. The Balaban J connectivity index is 1.55. The van der Waals surface area contributed by atoms with E-state index in [2.05, 4.69) is 10.1 Å². The maximum absolute atomic E-state index is 12.3. The Hall–Kier alpha value is -2.47. The van der Waals surface area contributed by atoms with Crippen molar-refractivity contribution in [3.05, 3.63) is 53.2 Å². The fourth-order valence-electron chi connectivity index (χ4n) is 2.76. The smallest absolute Gasteiger partial charge is 0.267 e. The molecule has 1 atom stereocenters. The predicted molar refractivity (Wildman–Crippen MR) is 88.5 cm³/mol. The Labute approximate surface area is 137 Å². The predicted octanol–water partition coefficient (Wildman–Crippen LogP) is 3.63. The lowest BCUT2D eigenvalue weighted by Crippen LogP contribution is -2.24. The first-order chi connectivity index (χ1) is 11.2. The number of hydrogen-bond acceptors (Lipinski definition) is 5. The highest BCUT2D eigenvalue weighted by Crippen LogP contribution is 2.32. The molecular formula is C17H15N3O2S. The number of benzene rings is 1. The summed E-state index contributed by atoms with van der Waals surface area (Å²) in [6, 6.07) is 11.9. The summed E-state index contributed by atoms with van der Waals surface area (Å²) in [5.74, 6) is 1.20. The lowest BCUT2D eigenvalue weighted by atomic mass is 10.1. The van der Waals surface area contributed by atoms with Gasteiger partial charge < -0.3 is 9.42 Å². The van der Waals surface area contributed by atoms with E-state index in [-0.39, 0.29) is 11.8 Å². The summed E-state index contributed by atoms with van der Waals surface area (Å²) in [4.78, 5) is 19.5. The topological polar surface area (TPSA) is 59.2 Å². The van der Waals surface area contributed by atoms with Crippen LogP contribution in [-0.2, 0) is 4.79 Å². The molecule has 3 aromatic rings. The quantitative estimate of drug-likeness (QED) is 0.738. The van der Waals surface area contributed by atoms with Crippen LogP contribution in [0.5, 0.6) is 0 Å². The van der Waals surface area contributed by atoms with E-state index in [1.165, 1.54) is 5.56 Å². The minimum absolute atomic E-state index is 0.0266. The van der Waals surface area contributed by atoms with E-state index < -0.39 is 0 Å². The Morgan fingerprint density at radius 1 is 1.26 bits per heavy atom. The molecule has 0 aliphatic carbocycles. The zero-order valence-corrected chi connectivity index (χ0v) is 13.4. The van der Waals surface area contributed by atoms with Gasteiger partial charge in [0.25, 0.3) is 5.89 Å². The summed E-state index contributed by atoms with van der Waals surface area (Å²) in [6.07, 6.45) is 0.414. The number of aromatic nitrogens is 2. The first kappa shape index (κ1) is 14.1. The Bertz CT molecular complexity index is 824. The van der Waals surface area contributed by atoms with Gasteiger partial charge in [0.2, 0.25) is 5.91 Å². The molecule has 1 aliphatic rings. The standard InChI is InChI=1S/C17H15N3O2S/c1-11-4-6-13(7-5-11)20-10-12(9-15(20)21)16-18-17(22-19-16)14-3-2-8-23-14/h2-8,12H,9-10H2,1H3. The van der Waals surface area contributed by atoms with Crippen LogP contribution in [0.2, 0.25) is 0 Å². The van der Waals surface area contributed by atoms with Crippen LogP contribution in [0, 0.1) is 6.92 Å². The minimum atomic E-state index is -0.0266. The molecule has 1 fully saturated rings. The highest BCUT2D eigenvalue weighted by atomic mass is 32.1. The molecule has 5 nitrogen and oxygen atoms in total. The average molecular weight is 325 g/mol. The second kappa shape index (κ2) is 5.62. The number of aryl methyl sites for hydroxylation is 1. The first-order valence-electron chi connectivity index (χ1n) is 7.45. The Morgan fingerprint density at radius 3 is 2.83 bits per heavy atom. The number of thiophene rings is 1. The van der Waals surface area contributed by atoms with Gasteiger partial charge in [-0.15, -0.1) is 11.3 Å². The van der Waals surface area contributed by atoms with Crippen LogP contribution in [0.1, 0.15) is 23.7 Å². The van der Waals surface area contributed by atoms with Crippen molar-refractivity contribution in [2.24, 2.45) is 0 Å². The van der Waals surface area contributed by atoms with Crippen LogP contribution in [-0.4, -0.2) is 22.6 Å². The molecule has 6 heteroatoms. The molecule has 4 rings (SSSR count). The van der Waals surface area contributed by atoms with E-state index in [0.717, 1.165) is 10.6 Å². The molecule has 2 aromatic heterocycles. The molecule has 1 saturated heterocycles. The number of rotatable bonds is 3. The van der Waals surface area contributed by atoms with Crippen LogP contribution in [0.4, 0.5) is 5.69 Å². The summed E-state index contributed by atoms with van der Waals surface area (Å²) in [7, 11) is 0. The van der Waals surface area contributed by atoms with Gasteiger partial charge in [-0.3, -0.25) is 4.79 Å². The summed E-state index contributed by atoms with van der Waals surface area (Å²) in [6.45, 7) is 2.62. The Morgan fingerprint density at radius 2 is 2.09 bits per heavy atom. The van der Waals surface area contributed by atoms with Crippen molar-refractivity contribution in [3.63, 3.8) is 0 Å². The number of anilines is 1. The van der Waals surface area contributed by atoms with Gasteiger partial charge in [-0.25, -0.2) is 0 Å². The average Bonchev–Trinajstić information content (AvgIpc) is 3.27. The van der Waals surface area contributed by atoms with Crippen molar-refractivity contribution in [1.82, 2.24) is 10.1 Å². The van der Waals surface area contributed by atoms with Crippen LogP contribution in [0.3, 0.4) is 0 Å². The first-order valence-corrected chi connectivity index (χ1v) is 8.33. The SMILES string of the molecule is Cc1ccc(N2CC(c3noc(-c4cccs4)n3)CC2=O)cc1. The van der Waals surface area contributed by atoms with Gasteiger partial charge in [-0.1, -0.05) is 28.9 Å². The van der Waals surface area contributed by atoms with Crippen molar-refractivity contribution in [1.29, 1.82) is 0 Å². The van der Waals surface area contributed by atoms with Crippen LogP contribution < -0.4 is 4.90 Å². The molecule has 1 unspecified atom stereocenters. The van der Waals surface area contributed by atoms with Gasteiger partial charge in [-0.05, 0) is 30.5 Å². The van der Waals surface area contributed by atoms with E-state index in [1.807, 2.05) is 48.7 Å². The maximum atomic E-state index is 12.3. The lowest BCUT2D eigenvalue weighted by Gasteiger charge is -2.16. The van der Waals surface area contributed by atoms with Gasteiger partial charge in [0.15, 0.2) is 5.82 Å². The summed E-state index contributed by atoms with van der Waals surface area (Å²) in [5, 5.41) is 6.04. The van der Waals surface area contributed by atoms with E-state index in [1.54, 1.807) is 16.2 Å². The molecular weight excluding hydrogens is 310 g/mol. The molecule has 0 radical (unpaired) electrons. The van der Waals surface area contributed by atoms with Gasteiger partial charge in [0.1, 0.15) is 0 Å². The third kappa shape index (κ3) is 2.66. The van der Waals surface area contributed by atoms with Crippen molar-refractivity contribution >= 4 is 22.9 Å². The second-order valence-electron chi connectivity index (χ2n) is 5.68. The van der Waals surface area contributed by atoms with E-state index in [4.69, 9.17) is 4.52 Å². The number of carbonyl (C=O) groups excluding carboxylic acids is 1. The maximum Gasteiger partial charge on any atom is 0.267 e. The molecule has 3 heterocycles. The second-order valence-corrected chi connectivity index (χ2v) is 6.62. The van der Waals surface area contributed by atoms with E-state index >= 15 is 0 Å². The monoisotopic (exact) mass is 325 g/mol. The van der Waals surface area contributed by atoms with E-state index in [0.29, 0.717) is 24.7 Å². The normalized spacial score (nSPS) is 17.9. The third-order valence-electron chi connectivity index (χ3n) is 4.01. The largest absolute Gasteiger partial charge is 0.333 e. The number of hydrogen-bond donors (Lipinski definition) is 0. The van der Waals surface area contributed by atoms with Gasteiger partial charge in [0.05, 0.1) is 4.88 Å². The van der Waals surface area contributed by atoms with Gasteiger partial charge in [-0.2, -0.15) is 4.98 Å². The van der Waals surface area contributed by atoms with Crippen LogP contribution in [0.15, 0.2) is 46.3 Å².